The minimum absolute atomic E-state index is 0.182. The highest BCUT2D eigenvalue weighted by Crippen LogP contribution is 2.45. The maximum atomic E-state index is 12.1. The Morgan fingerprint density at radius 3 is 2.20 bits per heavy atom. The molecule has 4 aromatic rings. The van der Waals surface area contributed by atoms with E-state index in [9.17, 15) is 4.79 Å². The number of nitrogens with two attached hydrogens (primary N) is 1. The summed E-state index contributed by atoms with van der Waals surface area (Å²) >= 11 is 1.40. The summed E-state index contributed by atoms with van der Waals surface area (Å²) in [5.74, 6) is 0.629. The highest BCUT2D eigenvalue weighted by molar-refractivity contribution is 7.11. The average molecular weight is 415 g/mol. The number of hydrogen-bond donors (Lipinski definition) is 1. The molecule has 4 rings (SSSR count). The van der Waals surface area contributed by atoms with E-state index in [4.69, 9.17) is 15.2 Å². The molecule has 0 unspecified atom stereocenters. The second-order valence-corrected chi connectivity index (χ2v) is 7.05. The fourth-order valence-electron chi connectivity index (χ4n) is 2.67. The molecule has 0 radical (unpaired) electrons. The van der Waals surface area contributed by atoms with E-state index in [1.165, 1.54) is 11.3 Å². The van der Waals surface area contributed by atoms with Gasteiger partial charge in [-0.05, 0) is 53.9 Å². The summed E-state index contributed by atoms with van der Waals surface area (Å²) in [6.07, 6.45) is 0. The molecule has 30 heavy (non-hydrogen) atoms. The van der Waals surface area contributed by atoms with Crippen LogP contribution in [0.4, 0.5) is 11.4 Å². The van der Waals surface area contributed by atoms with Gasteiger partial charge in [0.1, 0.15) is 11.4 Å². The quantitative estimate of drug-likeness (QED) is 0.335. The van der Waals surface area contributed by atoms with Crippen molar-refractivity contribution in [3.05, 3.63) is 95.9 Å². The highest BCUT2D eigenvalue weighted by atomic mass is 32.1. The van der Waals surface area contributed by atoms with Crippen molar-refractivity contribution in [3.63, 3.8) is 0 Å². The third-order valence-corrected chi connectivity index (χ3v) is 4.80. The lowest BCUT2D eigenvalue weighted by molar-refractivity contribution is 0.100. The zero-order valence-corrected chi connectivity index (χ0v) is 16.6. The number of benzene rings is 3. The van der Waals surface area contributed by atoms with Crippen molar-refractivity contribution in [2.24, 2.45) is 16.0 Å². The summed E-state index contributed by atoms with van der Waals surface area (Å²) in [7, 11) is 0. The Balaban J connectivity index is 1.83. The molecular formula is C23H17N3O3S. The highest BCUT2D eigenvalue weighted by Gasteiger charge is 2.21. The number of azo groups is 1. The summed E-state index contributed by atoms with van der Waals surface area (Å²) in [6.45, 7) is 0. The molecule has 0 aliphatic heterocycles. The Hall–Kier alpha value is -3.97. The molecule has 6 nitrogen and oxygen atoms in total. The monoisotopic (exact) mass is 415 g/mol. The van der Waals surface area contributed by atoms with Crippen molar-refractivity contribution < 1.29 is 14.3 Å². The number of thiophene rings is 1. The standard InChI is InChI=1S/C23H17N3O3S/c24-23(27)18-13-14-19(28-17-10-5-2-6-11-17)22(29-20-12-7-15-30-20)21(18)26-25-16-8-3-1-4-9-16/h1-15H,(H2,24,27). The molecule has 0 bridgehead atoms. The normalized spacial score (nSPS) is 10.8. The Kier molecular flexibility index (Phi) is 5.82. The van der Waals surface area contributed by atoms with Gasteiger partial charge >= 0.3 is 0 Å². The molecule has 0 saturated heterocycles. The van der Waals surface area contributed by atoms with Crippen LogP contribution in [-0.2, 0) is 0 Å². The zero-order valence-electron chi connectivity index (χ0n) is 15.8. The van der Waals surface area contributed by atoms with Crippen molar-refractivity contribution >= 4 is 28.6 Å². The summed E-state index contributed by atoms with van der Waals surface area (Å²) in [4.78, 5) is 12.1. The second-order valence-electron chi connectivity index (χ2n) is 6.14. The molecule has 0 atom stereocenters. The first-order valence-corrected chi connectivity index (χ1v) is 9.96. The molecule has 2 N–H and O–H groups in total. The van der Waals surface area contributed by atoms with Gasteiger partial charge in [0.25, 0.3) is 5.91 Å². The number of ether oxygens (including phenoxy) is 2. The predicted octanol–water partition coefficient (Wildman–Crippen LogP) is 6.85. The van der Waals surface area contributed by atoms with Gasteiger partial charge in [-0.25, -0.2) is 0 Å². The van der Waals surface area contributed by atoms with Gasteiger partial charge in [0, 0.05) is 0 Å². The van der Waals surface area contributed by atoms with Crippen LogP contribution in [0.25, 0.3) is 0 Å². The van der Waals surface area contributed by atoms with Crippen LogP contribution in [0.2, 0.25) is 0 Å². The minimum Gasteiger partial charge on any atom is -0.453 e. The van der Waals surface area contributed by atoms with Crippen molar-refractivity contribution in [3.8, 4) is 22.3 Å². The zero-order chi connectivity index (χ0) is 20.8. The molecule has 0 fully saturated rings. The number of para-hydroxylation sites is 1. The molecule has 1 amide bonds. The largest absolute Gasteiger partial charge is 0.453 e. The lowest BCUT2D eigenvalue weighted by atomic mass is 10.1. The SMILES string of the molecule is NC(=O)c1ccc(Oc2ccccc2)c(Oc2cccs2)c1N=Nc1ccccc1. The number of nitrogens with zero attached hydrogens (tertiary/aromatic N) is 2. The van der Waals surface area contributed by atoms with E-state index in [1.807, 2.05) is 66.0 Å². The van der Waals surface area contributed by atoms with Crippen LogP contribution < -0.4 is 15.2 Å². The average Bonchev–Trinajstić information content (AvgIpc) is 3.28. The fraction of sp³-hybridized carbons (Fsp3) is 0. The number of amides is 1. The van der Waals surface area contributed by atoms with Crippen molar-refractivity contribution in [1.82, 2.24) is 0 Å². The molecule has 7 heteroatoms. The lowest BCUT2D eigenvalue weighted by Gasteiger charge is -2.15. The molecule has 0 aliphatic carbocycles. The van der Waals surface area contributed by atoms with Crippen LogP contribution in [-0.4, -0.2) is 5.91 Å². The number of primary amides is 1. The van der Waals surface area contributed by atoms with E-state index in [1.54, 1.807) is 24.3 Å². The van der Waals surface area contributed by atoms with Crippen LogP contribution in [0, 0.1) is 0 Å². The maximum absolute atomic E-state index is 12.1. The van der Waals surface area contributed by atoms with Crippen molar-refractivity contribution in [2.75, 3.05) is 0 Å². The van der Waals surface area contributed by atoms with E-state index in [-0.39, 0.29) is 17.0 Å². The topological polar surface area (TPSA) is 86.3 Å². The summed E-state index contributed by atoms with van der Waals surface area (Å²) in [5, 5.41) is 11.0. The number of carbonyl (C=O) groups excluding carboxylic acids is 1. The van der Waals surface area contributed by atoms with Gasteiger partial charge in [-0.3, -0.25) is 4.79 Å². The minimum atomic E-state index is -0.640. The number of rotatable bonds is 7. The Morgan fingerprint density at radius 2 is 1.53 bits per heavy atom. The Morgan fingerprint density at radius 1 is 0.800 bits per heavy atom. The van der Waals surface area contributed by atoms with Gasteiger partial charge in [0.2, 0.25) is 0 Å². The molecule has 1 heterocycles. The van der Waals surface area contributed by atoms with Crippen molar-refractivity contribution in [1.29, 1.82) is 0 Å². The van der Waals surface area contributed by atoms with E-state index in [2.05, 4.69) is 10.2 Å². The first kappa shape index (κ1) is 19.4. The molecule has 0 saturated carbocycles. The maximum Gasteiger partial charge on any atom is 0.251 e. The molecule has 148 valence electrons. The van der Waals surface area contributed by atoms with Crippen LogP contribution in [0.15, 0.2) is 101 Å². The van der Waals surface area contributed by atoms with Gasteiger partial charge < -0.3 is 15.2 Å². The smallest absolute Gasteiger partial charge is 0.251 e. The Bertz CT molecular complexity index is 1160. The molecular weight excluding hydrogens is 398 g/mol. The van der Waals surface area contributed by atoms with Gasteiger partial charge in [-0.2, -0.15) is 5.11 Å². The van der Waals surface area contributed by atoms with E-state index < -0.39 is 5.91 Å². The summed E-state index contributed by atoms with van der Waals surface area (Å²) in [6, 6.07) is 25.3. The molecule has 0 aliphatic rings. The first-order chi connectivity index (χ1) is 14.7. The van der Waals surface area contributed by atoms with E-state index in [0.29, 0.717) is 22.2 Å². The second kappa shape index (κ2) is 9.02. The third kappa shape index (κ3) is 4.53. The first-order valence-electron chi connectivity index (χ1n) is 9.08. The van der Waals surface area contributed by atoms with Crippen LogP contribution >= 0.6 is 11.3 Å². The van der Waals surface area contributed by atoms with Gasteiger partial charge in [0.15, 0.2) is 16.6 Å². The fourth-order valence-corrected chi connectivity index (χ4v) is 3.25. The predicted molar refractivity (Wildman–Crippen MR) is 116 cm³/mol. The summed E-state index contributed by atoms with van der Waals surface area (Å²) < 4.78 is 12.1. The van der Waals surface area contributed by atoms with E-state index >= 15 is 0 Å². The van der Waals surface area contributed by atoms with E-state index in [0.717, 1.165) is 0 Å². The molecule has 3 aromatic carbocycles. The van der Waals surface area contributed by atoms with Gasteiger partial charge in [-0.1, -0.05) is 36.4 Å². The Labute approximate surface area is 177 Å². The molecule has 0 spiro atoms. The summed E-state index contributed by atoms with van der Waals surface area (Å²) in [5.41, 5.74) is 6.61. The van der Waals surface area contributed by atoms with Crippen LogP contribution in [0.1, 0.15) is 10.4 Å². The molecule has 1 aromatic heterocycles. The lowest BCUT2D eigenvalue weighted by Crippen LogP contribution is -2.11. The van der Waals surface area contributed by atoms with Gasteiger partial charge in [0.05, 0.1) is 11.3 Å². The number of carbonyl (C=O) groups is 1. The van der Waals surface area contributed by atoms with Crippen LogP contribution in [0.5, 0.6) is 22.3 Å². The van der Waals surface area contributed by atoms with Crippen molar-refractivity contribution in [2.45, 2.75) is 0 Å². The third-order valence-electron chi connectivity index (χ3n) is 4.05. The van der Waals surface area contributed by atoms with Gasteiger partial charge in [-0.15, -0.1) is 16.5 Å². The van der Waals surface area contributed by atoms with Crippen LogP contribution in [0.3, 0.4) is 0 Å². The number of hydrogen-bond acceptors (Lipinski definition) is 6.